The van der Waals surface area contributed by atoms with Crippen LogP contribution in [0.4, 0.5) is 0 Å². The second kappa shape index (κ2) is 3.74. The van der Waals surface area contributed by atoms with Crippen molar-refractivity contribution in [2.45, 2.75) is 32.1 Å². The molecule has 0 atom stereocenters. The standard InChI is InChI=1S/C10H12N2O2/c13-10(14)5-9-7-3-1-2-4-8(7)11-6-12-9/h6H,1-5H2,(H,13,14). The maximum absolute atomic E-state index is 10.6. The number of aryl methyl sites for hydroxylation is 1. The van der Waals surface area contributed by atoms with Gasteiger partial charge in [0.1, 0.15) is 6.33 Å². The van der Waals surface area contributed by atoms with E-state index in [2.05, 4.69) is 9.97 Å². The lowest BCUT2D eigenvalue weighted by Crippen LogP contribution is -2.13. The molecule has 0 unspecified atom stereocenters. The summed E-state index contributed by atoms with van der Waals surface area (Å²) < 4.78 is 0. The van der Waals surface area contributed by atoms with Gasteiger partial charge in [-0.25, -0.2) is 9.97 Å². The fourth-order valence-electron chi connectivity index (χ4n) is 1.88. The first kappa shape index (κ1) is 9.12. The van der Waals surface area contributed by atoms with Gasteiger partial charge in [-0.15, -0.1) is 0 Å². The Morgan fingerprint density at radius 3 is 2.93 bits per heavy atom. The molecule has 1 aliphatic rings. The van der Waals surface area contributed by atoms with E-state index in [0.29, 0.717) is 5.69 Å². The van der Waals surface area contributed by atoms with Crippen LogP contribution in [-0.2, 0) is 24.1 Å². The molecule has 0 aliphatic heterocycles. The van der Waals surface area contributed by atoms with Crippen LogP contribution in [0.25, 0.3) is 0 Å². The number of hydrogen-bond acceptors (Lipinski definition) is 3. The topological polar surface area (TPSA) is 63.1 Å². The summed E-state index contributed by atoms with van der Waals surface area (Å²) in [4.78, 5) is 18.8. The van der Waals surface area contributed by atoms with Crippen molar-refractivity contribution >= 4 is 5.97 Å². The first-order valence-electron chi connectivity index (χ1n) is 4.81. The molecule has 4 heteroatoms. The van der Waals surface area contributed by atoms with Crippen LogP contribution in [0.1, 0.15) is 29.8 Å². The summed E-state index contributed by atoms with van der Waals surface area (Å²) in [6.45, 7) is 0. The minimum Gasteiger partial charge on any atom is -0.481 e. The summed E-state index contributed by atoms with van der Waals surface area (Å²) in [7, 11) is 0. The molecule has 4 nitrogen and oxygen atoms in total. The zero-order valence-electron chi connectivity index (χ0n) is 7.86. The molecule has 1 aromatic rings. The second-order valence-electron chi connectivity index (χ2n) is 3.52. The third kappa shape index (κ3) is 1.73. The van der Waals surface area contributed by atoms with Crippen molar-refractivity contribution in [3.63, 3.8) is 0 Å². The van der Waals surface area contributed by atoms with Crippen molar-refractivity contribution in [2.75, 3.05) is 0 Å². The molecule has 0 saturated carbocycles. The number of carboxylic acids is 1. The summed E-state index contributed by atoms with van der Waals surface area (Å²) in [5.74, 6) is -0.823. The molecule has 2 rings (SSSR count). The number of rotatable bonds is 2. The maximum Gasteiger partial charge on any atom is 0.309 e. The first-order chi connectivity index (χ1) is 6.77. The summed E-state index contributed by atoms with van der Waals surface area (Å²) in [5, 5.41) is 8.71. The Balaban J connectivity index is 2.35. The van der Waals surface area contributed by atoms with Gasteiger partial charge in [-0.05, 0) is 31.2 Å². The number of nitrogens with zero attached hydrogens (tertiary/aromatic N) is 2. The van der Waals surface area contributed by atoms with E-state index in [4.69, 9.17) is 5.11 Å². The molecule has 0 bridgehead atoms. The maximum atomic E-state index is 10.6. The molecule has 0 radical (unpaired) electrons. The smallest absolute Gasteiger partial charge is 0.309 e. The van der Waals surface area contributed by atoms with Crippen LogP contribution in [-0.4, -0.2) is 21.0 Å². The SMILES string of the molecule is O=C(O)Cc1ncnc2c1CCCC2. The van der Waals surface area contributed by atoms with Crippen molar-refractivity contribution in [1.82, 2.24) is 9.97 Å². The summed E-state index contributed by atoms with van der Waals surface area (Å²) in [6, 6.07) is 0. The Labute approximate surface area is 82.0 Å². The molecule has 1 aromatic heterocycles. The van der Waals surface area contributed by atoms with Crippen molar-refractivity contribution in [2.24, 2.45) is 0 Å². The van der Waals surface area contributed by atoms with Gasteiger partial charge in [0.15, 0.2) is 0 Å². The average molecular weight is 192 g/mol. The molecule has 0 fully saturated rings. The van der Waals surface area contributed by atoms with Crippen LogP contribution in [0.2, 0.25) is 0 Å². The average Bonchev–Trinajstić information content (AvgIpc) is 2.18. The van der Waals surface area contributed by atoms with E-state index in [-0.39, 0.29) is 6.42 Å². The summed E-state index contributed by atoms with van der Waals surface area (Å²) in [5.41, 5.74) is 2.81. The predicted molar refractivity (Wildman–Crippen MR) is 50.0 cm³/mol. The molecule has 1 N–H and O–H groups in total. The number of aromatic nitrogens is 2. The van der Waals surface area contributed by atoms with Crippen LogP contribution in [0, 0.1) is 0 Å². The van der Waals surface area contributed by atoms with Gasteiger partial charge in [-0.2, -0.15) is 0 Å². The molecule has 0 amide bonds. The lowest BCUT2D eigenvalue weighted by molar-refractivity contribution is -0.136. The first-order valence-corrected chi connectivity index (χ1v) is 4.81. The number of carboxylic acid groups (broad SMARTS) is 1. The Morgan fingerprint density at radius 1 is 1.36 bits per heavy atom. The molecular formula is C10H12N2O2. The van der Waals surface area contributed by atoms with Crippen LogP contribution in [0.5, 0.6) is 0 Å². The van der Waals surface area contributed by atoms with E-state index in [1.165, 1.54) is 6.33 Å². The monoisotopic (exact) mass is 192 g/mol. The van der Waals surface area contributed by atoms with Gasteiger partial charge in [-0.1, -0.05) is 0 Å². The molecular weight excluding hydrogens is 180 g/mol. The van der Waals surface area contributed by atoms with Crippen molar-refractivity contribution in [1.29, 1.82) is 0 Å². The summed E-state index contributed by atoms with van der Waals surface area (Å²) >= 11 is 0. The summed E-state index contributed by atoms with van der Waals surface area (Å²) in [6.07, 6.45) is 5.65. The lowest BCUT2D eigenvalue weighted by atomic mass is 9.94. The van der Waals surface area contributed by atoms with Gasteiger partial charge < -0.3 is 5.11 Å². The van der Waals surface area contributed by atoms with Crippen molar-refractivity contribution < 1.29 is 9.90 Å². The zero-order valence-corrected chi connectivity index (χ0v) is 7.86. The molecule has 0 aromatic carbocycles. The molecule has 0 spiro atoms. The number of carbonyl (C=O) groups is 1. The third-order valence-electron chi connectivity index (χ3n) is 2.53. The van der Waals surface area contributed by atoms with Gasteiger partial charge >= 0.3 is 5.97 Å². The Morgan fingerprint density at radius 2 is 2.14 bits per heavy atom. The highest BCUT2D eigenvalue weighted by Gasteiger charge is 2.16. The van der Waals surface area contributed by atoms with Crippen LogP contribution in [0.15, 0.2) is 6.33 Å². The van der Waals surface area contributed by atoms with Crippen LogP contribution < -0.4 is 0 Å². The normalized spacial score (nSPS) is 14.9. The zero-order chi connectivity index (χ0) is 9.97. The van der Waals surface area contributed by atoms with Crippen molar-refractivity contribution in [3.05, 3.63) is 23.3 Å². The number of aliphatic carboxylic acids is 1. The molecule has 0 saturated heterocycles. The van der Waals surface area contributed by atoms with E-state index in [1.807, 2.05) is 0 Å². The lowest BCUT2D eigenvalue weighted by Gasteiger charge is -2.16. The predicted octanol–water partition coefficient (Wildman–Crippen LogP) is 0.983. The largest absolute Gasteiger partial charge is 0.481 e. The fourth-order valence-corrected chi connectivity index (χ4v) is 1.88. The van der Waals surface area contributed by atoms with E-state index in [1.54, 1.807) is 0 Å². The van der Waals surface area contributed by atoms with Gasteiger partial charge in [-0.3, -0.25) is 4.79 Å². The molecule has 1 aliphatic carbocycles. The Kier molecular flexibility index (Phi) is 2.43. The van der Waals surface area contributed by atoms with Gasteiger partial charge in [0.25, 0.3) is 0 Å². The Hall–Kier alpha value is -1.45. The van der Waals surface area contributed by atoms with Crippen molar-refractivity contribution in [3.8, 4) is 0 Å². The quantitative estimate of drug-likeness (QED) is 0.758. The van der Waals surface area contributed by atoms with Crippen LogP contribution in [0.3, 0.4) is 0 Å². The number of fused-ring (bicyclic) bond motifs is 1. The molecule has 74 valence electrons. The van der Waals surface area contributed by atoms with E-state index in [0.717, 1.165) is 36.9 Å². The minimum absolute atomic E-state index is 0.0187. The van der Waals surface area contributed by atoms with E-state index >= 15 is 0 Å². The second-order valence-corrected chi connectivity index (χ2v) is 3.52. The van der Waals surface area contributed by atoms with Gasteiger partial charge in [0, 0.05) is 5.69 Å². The van der Waals surface area contributed by atoms with E-state index < -0.39 is 5.97 Å². The van der Waals surface area contributed by atoms with Crippen LogP contribution >= 0.6 is 0 Å². The highest BCUT2D eigenvalue weighted by atomic mass is 16.4. The van der Waals surface area contributed by atoms with Gasteiger partial charge in [0.2, 0.25) is 0 Å². The minimum atomic E-state index is -0.823. The highest BCUT2D eigenvalue weighted by molar-refractivity contribution is 5.70. The molecule has 14 heavy (non-hydrogen) atoms. The van der Waals surface area contributed by atoms with Gasteiger partial charge in [0.05, 0.1) is 12.1 Å². The number of hydrogen-bond donors (Lipinski definition) is 1. The third-order valence-corrected chi connectivity index (χ3v) is 2.53. The Bertz CT molecular complexity index is 363. The highest BCUT2D eigenvalue weighted by Crippen LogP contribution is 2.21. The van der Waals surface area contributed by atoms with E-state index in [9.17, 15) is 4.79 Å². The molecule has 1 heterocycles. The fraction of sp³-hybridized carbons (Fsp3) is 0.500.